The lowest BCUT2D eigenvalue weighted by molar-refractivity contribution is 0.0596. The minimum absolute atomic E-state index is 0.0470. The van der Waals surface area contributed by atoms with Gasteiger partial charge in [0.05, 0.1) is 7.11 Å². The zero-order chi connectivity index (χ0) is 13.6. The summed E-state index contributed by atoms with van der Waals surface area (Å²) in [5.74, 6) is 0.664. The second-order valence-corrected chi connectivity index (χ2v) is 6.66. The van der Waals surface area contributed by atoms with Gasteiger partial charge in [0.1, 0.15) is 0 Å². The number of hydrogen-bond donors (Lipinski definition) is 0. The van der Waals surface area contributed by atoms with Gasteiger partial charge < -0.3 is 9.64 Å². The van der Waals surface area contributed by atoms with E-state index in [2.05, 4.69) is 21.0 Å². The van der Waals surface area contributed by atoms with E-state index < -0.39 is 0 Å². The molecule has 1 aromatic heterocycles. The molecule has 2 aliphatic rings. The van der Waals surface area contributed by atoms with Gasteiger partial charge in [0.2, 0.25) is 5.88 Å². The van der Waals surface area contributed by atoms with E-state index in [-0.39, 0.29) is 5.91 Å². The van der Waals surface area contributed by atoms with Crippen LogP contribution in [0.5, 0.6) is 5.88 Å². The van der Waals surface area contributed by atoms with Gasteiger partial charge in [0.15, 0.2) is 5.69 Å². The fraction of sp³-hybridized carbons (Fsp3) is 0.692. The standard InChI is InChI=1S/C13H18BrN3O2/c1-16-12(19-2)7-11(15-16)13(18)17-9-3-4-10(17)6-8(14)5-9/h7-10H,3-6H2,1-2H3. The summed E-state index contributed by atoms with van der Waals surface area (Å²) < 4.78 is 6.78. The number of aromatic nitrogens is 2. The predicted molar refractivity (Wildman–Crippen MR) is 74.7 cm³/mol. The monoisotopic (exact) mass is 327 g/mol. The van der Waals surface area contributed by atoms with Crippen LogP contribution in [-0.4, -0.2) is 44.6 Å². The Hall–Kier alpha value is -1.04. The number of fused-ring (bicyclic) bond motifs is 2. The molecule has 104 valence electrons. The number of carbonyl (C=O) groups is 1. The van der Waals surface area contributed by atoms with Crippen molar-refractivity contribution in [3.63, 3.8) is 0 Å². The van der Waals surface area contributed by atoms with E-state index in [9.17, 15) is 4.79 Å². The number of nitrogens with zero attached hydrogens (tertiary/aromatic N) is 3. The maximum absolute atomic E-state index is 12.6. The van der Waals surface area contributed by atoms with Gasteiger partial charge in [-0.05, 0) is 25.7 Å². The Kier molecular flexibility index (Phi) is 3.28. The van der Waals surface area contributed by atoms with Crippen molar-refractivity contribution in [1.29, 1.82) is 0 Å². The molecule has 2 unspecified atom stereocenters. The van der Waals surface area contributed by atoms with Crippen LogP contribution in [0.2, 0.25) is 0 Å². The van der Waals surface area contributed by atoms with Crippen molar-refractivity contribution in [3.05, 3.63) is 11.8 Å². The SMILES string of the molecule is COc1cc(C(=O)N2C3CCC2CC(Br)C3)nn1C. The number of aryl methyl sites for hydroxylation is 1. The number of piperidine rings is 1. The highest BCUT2D eigenvalue weighted by Gasteiger charge is 2.43. The zero-order valence-corrected chi connectivity index (χ0v) is 12.8. The van der Waals surface area contributed by atoms with E-state index in [1.54, 1.807) is 24.9 Å². The normalized spacial score (nSPS) is 29.6. The third-order valence-corrected chi connectivity index (χ3v) is 4.92. The van der Waals surface area contributed by atoms with Gasteiger partial charge in [-0.3, -0.25) is 4.79 Å². The first-order valence-corrected chi connectivity index (χ1v) is 7.56. The average molecular weight is 328 g/mol. The Balaban J connectivity index is 1.84. The van der Waals surface area contributed by atoms with Crippen LogP contribution in [0.25, 0.3) is 0 Å². The molecule has 0 aliphatic carbocycles. The van der Waals surface area contributed by atoms with Crippen molar-refractivity contribution in [2.45, 2.75) is 42.6 Å². The van der Waals surface area contributed by atoms with E-state index in [0.29, 0.717) is 28.5 Å². The molecule has 3 rings (SSSR count). The largest absolute Gasteiger partial charge is 0.481 e. The Labute approximate surface area is 121 Å². The molecule has 1 aromatic rings. The molecule has 2 bridgehead atoms. The van der Waals surface area contributed by atoms with Crippen LogP contribution in [0.1, 0.15) is 36.2 Å². The molecule has 0 spiro atoms. The van der Waals surface area contributed by atoms with Crippen LogP contribution in [0, 0.1) is 0 Å². The number of hydrogen-bond acceptors (Lipinski definition) is 3. The van der Waals surface area contributed by atoms with Gasteiger partial charge >= 0.3 is 0 Å². The fourth-order valence-electron chi connectivity index (χ4n) is 3.32. The smallest absolute Gasteiger partial charge is 0.274 e. The number of rotatable bonds is 2. The second kappa shape index (κ2) is 4.81. The fourth-order valence-corrected chi connectivity index (χ4v) is 4.18. The van der Waals surface area contributed by atoms with Crippen LogP contribution < -0.4 is 4.74 Å². The first-order valence-electron chi connectivity index (χ1n) is 6.65. The van der Waals surface area contributed by atoms with Crippen molar-refractivity contribution in [2.24, 2.45) is 7.05 Å². The highest BCUT2D eigenvalue weighted by atomic mass is 79.9. The minimum Gasteiger partial charge on any atom is -0.481 e. The first-order chi connectivity index (χ1) is 9.10. The number of carbonyl (C=O) groups excluding carboxylic acids is 1. The number of amides is 1. The summed E-state index contributed by atoms with van der Waals surface area (Å²) in [5.41, 5.74) is 0.490. The Bertz CT molecular complexity index is 488. The molecular weight excluding hydrogens is 310 g/mol. The highest BCUT2D eigenvalue weighted by Crippen LogP contribution is 2.39. The van der Waals surface area contributed by atoms with E-state index in [0.717, 1.165) is 25.7 Å². The van der Waals surface area contributed by atoms with E-state index >= 15 is 0 Å². The summed E-state index contributed by atoms with van der Waals surface area (Å²) in [6.45, 7) is 0. The van der Waals surface area contributed by atoms with Gasteiger partial charge in [0.25, 0.3) is 5.91 Å². The molecule has 0 N–H and O–H groups in total. The summed E-state index contributed by atoms with van der Waals surface area (Å²) >= 11 is 3.69. The summed E-state index contributed by atoms with van der Waals surface area (Å²) in [6, 6.07) is 2.45. The number of ether oxygens (including phenoxy) is 1. The van der Waals surface area contributed by atoms with Crippen molar-refractivity contribution < 1.29 is 9.53 Å². The van der Waals surface area contributed by atoms with Crippen molar-refractivity contribution in [1.82, 2.24) is 14.7 Å². The predicted octanol–water partition coefficient (Wildman–Crippen LogP) is 1.96. The summed E-state index contributed by atoms with van der Waals surface area (Å²) in [7, 11) is 3.38. The first kappa shape index (κ1) is 13.0. The molecule has 6 heteroatoms. The lowest BCUT2D eigenvalue weighted by atomic mass is 10.0. The Morgan fingerprint density at radius 2 is 2.05 bits per heavy atom. The lowest BCUT2D eigenvalue weighted by Crippen LogP contribution is -2.47. The topological polar surface area (TPSA) is 47.4 Å². The molecule has 5 nitrogen and oxygen atoms in total. The molecule has 2 atom stereocenters. The quantitative estimate of drug-likeness (QED) is 0.780. The molecule has 0 radical (unpaired) electrons. The van der Waals surface area contributed by atoms with Crippen molar-refractivity contribution in [2.75, 3.05) is 7.11 Å². The molecule has 1 amide bonds. The number of alkyl halides is 1. The van der Waals surface area contributed by atoms with Crippen LogP contribution in [0.4, 0.5) is 0 Å². The minimum atomic E-state index is 0.0470. The molecule has 2 aliphatic heterocycles. The maximum atomic E-state index is 12.6. The van der Waals surface area contributed by atoms with Crippen LogP contribution in [0.15, 0.2) is 6.07 Å². The summed E-state index contributed by atoms with van der Waals surface area (Å²) in [6.07, 6.45) is 4.32. The highest BCUT2D eigenvalue weighted by molar-refractivity contribution is 9.09. The lowest BCUT2D eigenvalue weighted by Gasteiger charge is -2.36. The van der Waals surface area contributed by atoms with Gasteiger partial charge in [-0.25, -0.2) is 4.68 Å². The summed E-state index contributed by atoms with van der Waals surface area (Å²) in [4.78, 5) is 15.2. The average Bonchev–Trinajstić information content (AvgIpc) is 2.87. The Morgan fingerprint density at radius 1 is 1.42 bits per heavy atom. The molecule has 2 saturated heterocycles. The number of halogens is 1. The second-order valence-electron chi connectivity index (χ2n) is 5.36. The van der Waals surface area contributed by atoms with Gasteiger partial charge in [-0.1, -0.05) is 15.9 Å². The third kappa shape index (κ3) is 2.16. The van der Waals surface area contributed by atoms with Crippen LogP contribution >= 0.6 is 15.9 Å². The molecule has 3 heterocycles. The van der Waals surface area contributed by atoms with E-state index in [4.69, 9.17) is 4.74 Å². The van der Waals surface area contributed by atoms with Gasteiger partial charge in [-0.2, -0.15) is 5.10 Å². The summed E-state index contributed by atoms with van der Waals surface area (Å²) in [5, 5.41) is 4.26. The number of methoxy groups -OCH3 is 1. The van der Waals surface area contributed by atoms with Gasteiger partial charge in [0, 0.05) is 30.0 Å². The molecular formula is C13H18BrN3O2. The molecule has 19 heavy (non-hydrogen) atoms. The zero-order valence-electron chi connectivity index (χ0n) is 11.2. The van der Waals surface area contributed by atoms with Crippen molar-refractivity contribution in [3.8, 4) is 5.88 Å². The third-order valence-electron chi connectivity index (χ3n) is 4.18. The van der Waals surface area contributed by atoms with Crippen LogP contribution in [0.3, 0.4) is 0 Å². The van der Waals surface area contributed by atoms with E-state index in [1.165, 1.54) is 0 Å². The molecule has 0 aromatic carbocycles. The van der Waals surface area contributed by atoms with E-state index in [1.807, 2.05) is 4.90 Å². The Morgan fingerprint density at radius 3 is 2.58 bits per heavy atom. The molecule has 2 fully saturated rings. The van der Waals surface area contributed by atoms with Gasteiger partial charge in [-0.15, -0.1) is 0 Å². The maximum Gasteiger partial charge on any atom is 0.274 e. The molecule has 0 saturated carbocycles. The van der Waals surface area contributed by atoms with Crippen LogP contribution in [-0.2, 0) is 7.05 Å². The van der Waals surface area contributed by atoms with Crippen molar-refractivity contribution >= 4 is 21.8 Å².